The van der Waals surface area contributed by atoms with Crippen LogP contribution in [0.5, 0.6) is 0 Å². The highest BCUT2D eigenvalue weighted by molar-refractivity contribution is 5.50. The van der Waals surface area contributed by atoms with Crippen LogP contribution in [-0.2, 0) is 6.18 Å². The highest BCUT2D eigenvalue weighted by Gasteiger charge is 2.32. The van der Waals surface area contributed by atoms with Crippen LogP contribution in [0.25, 0.3) is 0 Å². The van der Waals surface area contributed by atoms with Crippen molar-refractivity contribution in [2.45, 2.75) is 51.7 Å². The van der Waals surface area contributed by atoms with Crippen LogP contribution < -0.4 is 10.6 Å². The normalized spacial score (nSPS) is 21.9. The van der Waals surface area contributed by atoms with Crippen LogP contribution in [0.15, 0.2) is 12.1 Å². The zero-order valence-electron chi connectivity index (χ0n) is 12.6. The number of nitrogens with zero attached hydrogens (tertiary/aromatic N) is 1. The quantitative estimate of drug-likeness (QED) is 0.861. The molecule has 1 aliphatic carbocycles. The SMILES string of the molecule is CNc1cc(C(F)(F)F)cc(NC2CCCC(C)(C)C2)n1. The molecule has 6 heteroatoms. The minimum atomic E-state index is -4.36. The summed E-state index contributed by atoms with van der Waals surface area (Å²) in [5, 5.41) is 5.85. The van der Waals surface area contributed by atoms with E-state index in [1.165, 1.54) is 0 Å². The summed E-state index contributed by atoms with van der Waals surface area (Å²) in [6, 6.07) is 2.28. The third-order valence-corrected chi connectivity index (χ3v) is 3.97. The summed E-state index contributed by atoms with van der Waals surface area (Å²) >= 11 is 0. The third kappa shape index (κ3) is 4.25. The first kappa shape index (κ1) is 15.9. The van der Waals surface area contributed by atoms with E-state index >= 15 is 0 Å². The molecule has 0 bridgehead atoms. The van der Waals surface area contributed by atoms with Crippen LogP contribution in [0.4, 0.5) is 24.8 Å². The van der Waals surface area contributed by atoms with Crippen molar-refractivity contribution in [1.29, 1.82) is 0 Å². The first-order chi connectivity index (χ1) is 9.69. The second-order valence-corrected chi connectivity index (χ2v) is 6.48. The van der Waals surface area contributed by atoms with Gasteiger partial charge in [0.1, 0.15) is 11.6 Å². The zero-order valence-corrected chi connectivity index (χ0v) is 12.6. The predicted octanol–water partition coefficient (Wildman–Crippen LogP) is 4.52. The molecule has 0 aliphatic heterocycles. The van der Waals surface area contributed by atoms with E-state index in [9.17, 15) is 13.2 Å². The van der Waals surface area contributed by atoms with Crippen LogP contribution in [0, 0.1) is 5.41 Å². The van der Waals surface area contributed by atoms with Crippen molar-refractivity contribution in [2.24, 2.45) is 5.41 Å². The number of rotatable bonds is 3. The van der Waals surface area contributed by atoms with E-state index in [0.29, 0.717) is 0 Å². The zero-order chi connectivity index (χ0) is 15.7. The van der Waals surface area contributed by atoms with Crippen molar-refractivity contribution in [3.63, 3.8) is 0 Å². The average molecular weight is 301 g/mol. The number of hydrogen-bond donors (Lipinski definition) is 2. The molecule has 1 saturated carbocycles. The van der Waals surface area contributed by atoms with E-state index in [0.717, 1.165) is 37.8 Å². The summed E-state index contributed by atoms with van der Waals surface area (Å²) < 4.78 is 38.7. The van der Waals surface area contributed by atoms with Crippen LogP contribution in [0.2, 0.25) is 0 Å². The number of halogens is 3. The van der Waals surface area contributed by atoms with Crippen LogP contribution in [0.1, 0.15) is 45.1 Å². The molecule has 0 amide bonds. The van der Waals surface area contributed by atoms with Gasteiger partial charge in [0.25, 0.3) is 0 Å². The molecule has 1 aliphatic rings. The van der Waals surface area contributed by atoms with Crippen molar-refractivity contribution in [2.75, 3.05) is 17.7 Å². The number of nitrogens with one attached hydrogen (secondary N) is 2. The van der Waals surface area contributed by atoms with Gasteiger partial charge < -0.3 is 10.6 Å². The van der Waals surface area contributed by atoms with E-state index in [1.807, 2.05) is 0 Å². The van der Waals surface area contributed by atoms with Crippen molar-refractivity contribution in [3.8, 4) is 0 Å². The molecule has 0 radical (unpaired) electrons. The van der Waals surface area contributed by atoms with Crippen LogP contribution in [-0.4, -0.2) is 18.1 Å². The molecule has 1 atom stereocenters. The Labute approximate surface area is 123 Å². The molecular weight excluding hydrogens is 279 g/mol. The van der Waals surface area contributed by atoms with Crippen molar-refractivity contribution in [1.82, 2.24) is 4.98 Å². The van der Waals surface area contributed by atoms with Crippen LogP contribution in [0.3, 0.4) is 0 Å². The average Bonchev–Trinajstić information content (AvgIpc) is 2.36. The fourth-order valence-corrected chi connectivity index (χ4v) is 2.93. The second kappa shape index (κ2) is 5.73. The fourth-order valence-electron chi connectivity index (χ4n) is 2.93. The van der Waals surface area contributed by atoms with Crippen molar-refractivity contribution >= 4 is 11.6 Å². The Morgan fingerprint density at radius 1 is 1.24 bits per heavy atom. The smallest absolute Gasteiger partial charge is 0.373 e. The molecule has 0 spiro atoms. The molecule has 21 heavy (non-hydrogen) atoms. The lowest BCUT2D eigenvalue weighted by Gasteiger charge is -2.35. The molecule has 1 unspecified atom stereocenters. The molecule has 0 saturated heterocycles. The van der Waals surface area contributed by atoms with Gasteiger partial charge in [0.05, 0.1) is 5.56 Å². The van der Waals surface area contributed by atoms with E-state index in [1.54, 1.807) is 7.05 Å². The molecule has 1 fully saturated rings. The number of anilines is 2. The topological polar surface area (TPSA) is 37.0 Å². The maximum atomic E-state index is 12.9. The largest absolute Gasteiger partial charge is 0.416 e. The van der Waals surface area contributed by atoms with Gasteiger partial charge in [0.15, 0.2) is 0 Å². The standard InChI is InChI=1S/C15H22F3N3/c1-14(2)6-4-5-11(9-14)20-13-8-10(15(16,17)18)7-12(19-3)21-13/h7-8,11H,4-6,9H2,1-3H3,(H2,19,20,21). The van der Waals surface area contributed by atoms with Gasteiger partial charge in [-0.2, -0.15) is 13.2 Å². The van der Waals surface area contributed by atoms with Gasteiger partial charge in [-0.3, -0.25) is 0 Å². The van der Waals surface area contributed by atoms with Gasteiger partial charge in [-0.1, -0.05) is 20.3 Å². The molecule has 1 aromatic heterocycles. The minimum Gasteiger partial charge on any atom is -0.373 e. The molecule has 1 aromatic rings. The Morgan fingerprint density at radius 3 is 2.48 bits per heavy atom. The van der Waals surface area contributed by atoms with Gasteiger partial charge in [-0.15, -0.1) is 0 Å². The summed E-state index contributed by atoms with van der Waals surface area (Å²) in [5.41, 5.74) is -0.456. The first-order valence-electron chi connectivity index (χ1n) is 7.23. The second-order valence-electron chi connectivity index (χ2n) is 6.48. The number of aromatic nitrogens is 1. The minimum absolute atomic E-state index is 0.175. The third-order valence-electron chi connectivity index (χ3n) is 3.97. The molecule has 1 heterocycles. The van der Waals surface area contributed by atoms with Gasteiger partial charge in [0, 0.05) is 13.1 Å². The van der Waals surface area contributed by atoms with E-state index in [2.05, 4.69) is 29.5 Å². The summed E-state index contributed by atoms with van der Waals surface area (Å²) in [6.45, 7) is 4.39. The summed E-state index contributed by atoms with van der Waals surface area (Å²) in [4.78, 5) is 4.19. The van der Waals surface area contributed by atoms with Gasteiger partial charge in [0.2, 0.25) is 0 Å². The fraction of sp³-hybridized carbons (Fsp3) is 0.667. The molecule has 2 rings (SSSR count). The number of pyridine rings is 1. The van der Waals surface area contributed by atoms with E-state index < -0.39 is 11.7 Å². The lowest BCUT2D eigenvalue weighted by Crippen LogP contribution is -2.32. The van der Waals surface area contributed by atoms with Crippen LogP contribution >= 0.6 is 0 Å². The summed E-state index contributed by atoms with van der Waals surface area (Å²) in [6.07, 6.45) is -0.210. The van der Waals surface area contributed by atoms with Gasteiger partial charge >= 0.3 is 6.18 Å². The predicted molar refractivity (Wildman–Crippen MR) is 78.4 cm³/mol. The van der Waals surface area contributed by atoms with Gasteiger partial charge in [-0.05, 0) is 36.8 Å². The maximum Gasteiger partial charge on any atom is 0.416 e. The number of hydrogen-bond acceptors (Lipinski definition) is 3. The number of alkyl halides is 3. The molecule has 118 valence electrons. The molecule has 3 nitrogen and oxygen atoms in total. The Hall–Kier alpha value is -1.46. The summed E-state index contributed by atoms with van der Waals surface area (Å²) in [5.74, 6) is 0.513. The summed E-state index contributed by atoms with van der Waals surface area (Å²) in [7, 11) is 1.57. The highest BCUT2D eigenvalue weighted by atomic mass is 19.4. The van der Waals surface area contributed by atoms with Crippen molar-refractivity contribution in [3.05, 3.63) is 17.7 Å². The van der Waals surface area contributed by atoms with E-state index in [-0.39, 0.29) is 23.1 Å². The Kier molecular flexibility index (Phi) is 4.35. The lowest BCUT2D eigenvalue weighted by atomic mass is 9.75. The molecule has 2 N–H and O–H groups in total. The van der Waals surface area contributed by atoms with Gasteiger partial charge in [-0.25, -0.2) is 4.98 Å². The molecular formula is C15H22F3N3. The Bertz CT molecular complexity index is 497. The Morgan fingerprint density at radius 2 is 1.90 bits per heavy atom. The highest BCUT2D eigenvalue weighted by Crippen LogP contribution is 2.37. The first-order valence-corrected chi connectivity index (χ1v) is 7.23. The van der Waals surface area contributed by atoms with Crippen molar-refractivity contribution < 1.29 is 13.2 Å². The maximum absolute atomic E-state index is 12.9. The van der Waals surface area contributed by atoms with E-state index in [4.69, 9.17) is 0 Å². The Balaban J connectivity index is 2.19. The monoisotopic (exact) mass is 301 g/mol. The lowest BCUT2D eigenvalue weighted by molar-refractivity contribution is -0.137. The molecule has 0 aromatic carbocycles.